The smallest absolute Gasteiger partial charge is 0.233 e. The maximum Gasteiger partial charge on any atom is 0.233 e. The van der Waals surface area contributed by atoms with Crippen molar-refractivity contribution >= 4 is 34.1 Å². The van der Waals surface area contributed by atoms with E-state index in [1.807, 2.05) is 13.8 Å². The number of anilines is 1. The highest BCUT2D eigenvalue weighted by Crippen LogP contribution is 2.27. The molecule has 0 aliphatic heterocycles. The fraction of sp³-hybridized carbons (Fsp3) is 0.643. The van der Waals surface area contributed by atoms with Gasteiger partial charge in [0.25, 0.3) is 0 Å². The molecule has 0 spiro atoms. The Morgan fingerprint density at radius 3 is 2.62 bits per heavy atom. The fourth-order valence-electron chi connectivity index (χ4n) is 1.56. The minimum absolute atomic E-state index is 0.0439. The number of aromatic nitrogens is 2. The second kappa shape index (κ2) is 7.79. The Hall–Kier alpha value is -1.08. The predicted octanol–water partition coefficient (Wildman–Crippen LogP) is 3.27. The summed E-state index contributed by atoms with van der Waals surface area (Å²) in [7, 11) is 0. The highest BCUT2D eigenvalue weighted by atomic mass is 32.2. The molecule has 0 bridgehead atoms. The van der Waals surface area contributed by atoms with Crippen LogP contribution in [0.5, 0.6) is 0 Å². The molecule has 1 amide bonds. The van der Waals surface area contributed by atoms with Gasteiger partial charge in [-0.1, -0.05) is 35.3 Å². The van der Waals surface area contributed by atoms with E-state index < -0.39 is 0 Å². The van der Waals surface area contributed by atoms with Crippen molar-refractivity contribution < 1.29 is 4.79 Å². The number of amides is 1. The van der Waals surface area contributed by atoms with Gasteiger partial charge in [-0.05, 0) is 34.6 Å². The molecule has 0 fully saturated rings. The third kappa shape index (κ3) is 6.95. The number of nitrogens with zero attached hydrogens (tertiary/aromatic N) is 3. The standard InChI is InChI=1S/C14H24N4OS2/c1-7-18(8-10(2)3)11(19)9-20-13-17-16-12(21-13)15-14(4,5)6/h2,7-9H2,1,3-6H3,(H,15,16). The van der Waals surface area contributed by atoms with Gasteiger partial charge >= 0.3 is 0 Å². The van der Waals surface area contributed by atoms with Gasteiger partial charge in [0.2, 0.25) is 11.0 Å². The average Bonchev–Trinajstić information content (AvgIpc) is 2.78. The van der Waals surface area contributed by atoms with E-state index in [4.69, 9.17) is 0 Å². The molecular formula is C14H24N4OS2. The predicted molar refractivity (Wildman–Crippen MR) is 91.1 cm³/mol. The van der Waals surface area contributed by atoms with Crippen molar-refractivity contribution in [2.24, 2.45) is 0 Å². The van der Waals surface area contributed by atoms with Crippen molar-refractivity contribution in [1.29, 1.82) is 0 Å². The van der Waals surface area contributed by atoms with Crippen LogP contribution in [0.25, 0.3) is 0 Å². The molecule has 0 aliphatic carbocycles. The highest BCUT2D eigenvalue weighted by molar-refractivity contribution is 8.01. The van der Waals surface area contributed by atoms with Crippen molar-refractivity contribution in [3.8, 4) is 0 Å². The number of carbonyl (C=O) groups is 1. The number of hydrogen-bond acceptors (Lipinski definition) is 6. The first-order valence-corrected chi connectivity index (χ1v) is 8.68. The zero-order valence-corrected chi connectivity index (χ0v) is 15.0. The molecule has 0 atom stereocenters. The summed E-state index contributed by atoms with van der Waals surface area (Å²) in [6.07, 6.45) is 0. The van der Waals surface area contributed by atoms with Crippen LogP contribution in [0.2, 0.25) is 0 Å². The van der Waals surface area contributed by atoms with Crippen LogP contribution in [0, 0.1) is 0 Å². The van der Waals surface area contributed by atoms with E-state index in [2.05, 4.69) is 42.9 Å². The van der Waals surface area contributed by atoms with Gasteiger partial charge in [-0.2, -0.15) is 0 Å². The highest BCUT2D eigenvalue weighted by Gasteiger charge is 2.16. The van der Waals surface area contributed by atoms with Gasteiger partial charge in [-0.3, -0.25) is 4.79 Å². The summed E-state index contributed by atoms with van der Waals surface area (Å²) >= 11 is 2.91. The van der Waals surface area contributed by atoms with Gasteiger partial charge < -0.3 is 10.2 Å². The quantitative estimate of drug-likeness (QED) is 0.615. The molecule has 1 aromatic heterocycles. The van der Waals surface area contributed by atoms with Crippen LogP contribution in [0.1, 0.15) is 34.6 Å². The number of carbonyl (C=O) groups excluding carboxylic acids is 1. The Balaban J connectivity index is 2.51. The zero-order valence-electron chi connectivity index (χ0n) is 13.4. The van der Waals surface area contributed by atoms with E-state index >= 15 is 0 Å². The Kier molecular flexibility index (Phi) is 6.67. The number of thioether (sulfide) groups is 1. The van der Waals surface area contributed by atoms with Gasteiger partial charge in [-0.25, -0.2) is 0 Å². The summed E-state index contributed by atoms with van der Waals surface area (Å²) in [5.41, 5.74) is 0.945. The second-order valence-corrected chi connectivity index (χ2v) is 8.10. The average molecular weight is 329 g/mol. The lowest BCUT2D eigenvalue weighted by atomic mass is 10.1. The van der Waals surface area contributed by atoms with Crippen LogP contribution in [-0.2, 0) is 4.79 Å². The third-order valence-electron chi connectivity index (χ3n) is 2.40. The SMILES string of the molecule is C=C(C)CN(CC)C(=O)CSc1nnc(NC(C)(C)C)s1. The summed E-state index contributed by atoms with van der Waals surface area (Å²) in [5.74, 6) is 0.483. The lowest BCUT2D eigenvalue weighted by molar-refractivity contribution is -0.127. The largest absolute Gasteiger partial charge is 0.355 e. The molecule has 118 valence electrons. The first-order valence-electron chi connectivity index (χ1n) is 6.88. The van der Waals surface area contributed by atoms with Crippen LogP contribution in [-0.4, -0.2) is 45.4 Å². The Morgan fingerprint density at radius 1 is 1.43 bits per heavy atom. The normalized spacial score (nSPS) is 11.3. The van der Waals surface area contributed by atoms with Gasteiger partial charge in [0, 0.05) is 18.6 Å². The Morgan fingerprint density at radius 2 is 2.10 bits per heavy atom. The van der Waals surface area contributed by atoms with Crippen molar-refractivity contribution in [2.75, 3.05) is 24.2 Å². The number of likely N-dealkylation sites (N-methyl/N-ethyl adjacent to an activating group) is 1. The lowest BCUT2D eigenvalue weighted by Gasteiger charge is -2.20. The van der Waals surface area contributed by atoms with Gasteiger partial charge in [0.1, 0.15) is 0 Å². The first-order chi connectivity index (χ1) is 9.71. The van der Waals surface area contributed by atoms with Crippen molar-refractivity contribution in [3.05, 3.63) is 12.2 Å². The van der Waals surface area contributed by atoms with E-state index in [-0.39, 0.29) is 11.4 Å². The van der Waals surface area contributed by atoms with Crippen LogP contribution in [0.4, 0.5) is 5.13 Å². The zero-order chi connectivity index (χ0) is 16.0. The van der Waals surface area contributed by atoms with Gasteiger partial charge in [0.15, 0.2) is 4.34 Å². The summed E-state index contributed by atoms with van der Waals surface area (Å²) < 4.78 is 0.807. The Bertz CT molecular complexity index is 493. The van der Waals surface area contributed by atoms with Crippen molar-refractivity contribution in [3.63, 3.8) is 0 Å². The summed E-state index contributed by atoms with van der Waals surface area (Å²) in [5, 5.41) is 12.2. The topological polar surface area (TPSA) is 58.1 Å². The minimum Gasteiger partial charge on any atom is -0.355 e. The Labute approximate surface area is 135 Å². The molecule has 7 heteroatoms. The molecule has 0 aromatic carbocycles. The van der Waals surface area contributed by atoms with Crippen LogP contribution in [0.15, 0.2) is 16.5 Å². The third-order valence-corrected chi connectivity index (χ3v) is 4.36. The first kappa shape index (κ1) is 18.0. The van der Waals surface area contributed by atoms with E-state index in [0.717, 1.165) is 15.0 Å². The van der Waals surface area contributed by atoms with E-state index in [9.17, 15) is 4.79 Å². The van der Waals surface area contributed by atoms with E-state index in [1.165, 1.54) is 23.1 Å². The van der Waals surface area contributed by atoms with Gasteiger partial charge in [-0.15, -0.1) is 10.2 Å². The molecule has 1 rings (SSSR count). The maximum atomic E-state index is 12.1. The summed E-state index contributed by atoms with van der Waals surface area (Å²) in [6, 6.07) is 0. The molecule has 0 saturated carbocycles. The van der Waals surface area contributed by atoms with Crippen molar-refractivity contribution in [2.45, 2.75) is 44.5 Å². The van der Waals surface area contributed by atoms with Gasteiger partial charge in [0.05, 0.1) is 5.75 Å². The molecule has 0 aliphatic rings. The number of rotatable bonds is 7. The molecule has 1 N–H and O–H groups in total. The molecule has 21 heavy (non-hydrogen) atoms. The number of nitrogens with one attached hydrogen (secondary N) is 1. The van der Waals surface area contributed by atoms with E-state index in [1.54, 1.807) is 4.90 Å². The molecule has 1 aromatic rings. The van der Waals surface area contributed by atoms with Crippen molar-refractivity contribution in [1.82, 2.24) is 15.1 Å². The minimum atomic E-state index is -0.0439. The molecule has 0 saturated heterocycles. The molecule has 1 heterocycles. The molecular weight excluding hydrogens is 304 g/mol. The molecule has 0 radical (unpaired) electrons. The summed E-state index contributed by atoms with van der Waals surface area (Å²) in [6.45, 7) is 15.3. The van der Waals surface area contributed by atoms with Crippen LogP contribution >= 0.6 is 23.1 Å². The lowest BCUT2D eigenvalue weighted by Crippen LogP contribution is -2.33. The monoisotopic (exact) mass is 328 g/mol. The molecule has 0 unspecified atom stereocenters. The van der Waals surface area contributed by atoms with Crippen LogP contribution < -0.4 is 5.32 Å². The van der Waals surface area contributed by atoms with Crippen LogP contribution in [0.3, 0.4) is 0 Å². The summed E-state index contributed by atoms with van der Waals surface area (Å²) in [4.78, 5) is 13.9. The van der Waals surface area contributed by atoms with E-state index in [0.29, 0.717) is 18.8 Å². The fourth-order valence-corrected chi connectivity index (χ4v) is 3.42. The second-order valence-electron chi connectivity index (χ2n) is 5.90. The number of hydrogen-bond donors (Lipinski definition) is 1. The maximum absolute atomic E-state index is 12.1. The molecule has 5 nitrogen and oxygen atoms in total.